The molecule has 0 spiro atoms. The molecule has 5 rings (SSSR count). The summed E-state index contributed by atoms with van der Waals surface area (Å²) in [6, 6.07) is 13.2. The molecule has 126 valence electrons. The molecule has 25 heavy (non-hydrogen) atoms. The summed E-state index contributed by atoms with van der Waals surface area (Å²) in [4.78, 5) is 0. The first-order chi connectivity index (χ1) is 12.2. The molecule has 2 nitrogen and oxygen atoms in total. The van der Waals surface area contributed by atoms with Crippen molar-refractivity contribution in [3.05, 3.63) is 70.8 Å². The summed E-state index contributed by atoms with van der Waals surface area (Å²) in [5.74, 6) is 1.92. The monoisotopic (exact) mass is 366 g/mol. The Hall–Kier alpha value is -1.77. The van der Waals surface area contributed by atoms with Crippen LogP contribution in [0.3, 0.4) is 0 Å². The van der Waals surface area contributed by atoms with E-state index in [1.165, 1.54) is 31.7 Å². The second kappa shape index (κ2) is 5.62. The standard InChI is InChI=1S/2C10H9O.C2H4.Ti/c2*1-11-10-6-5-8-3-2-4-9(8)7-10;1-2;/h2*2-7H,1H3;1-2H2;. The van der Waals surface area contributed by atoms with Crippen LogP contribution in [-0.4, -0.2) is 14.2 Å². The van der Waals surface area contributed by atoms with E-state index in [9.17, 15) is 0 Å². The van der Waals surface area contributed by atoms with Crippen LogP contribution in [-0.2, 0) is 16.6 Å². The number of methoxy groups -OCH3 is 2. The van der Waals surface area contributed by atoms with Crippen LogP contribution in [0.4, 0.5) is 0 Å². The van der Waals surface area contributed by atoms with Crippen molar-refractivity contribution in [2.45, 2.75) is 17.9 Å². The molecule has 2 unspecified atom stereocenters. The fourth-order valence-corrected chi connectivity index (χ4v) is 13.9. The van der Waals surface area contributed by atoms with E-state index in [-0.39, 0.29) is 0 Å². The quantitative estimate of drug-likeness (QED) is 0.661. The van der Waals surface area contributed by atoms with Gasteiger partial charge in [0.15, 0.2) is 0 Å². The van der Waals surface area contributed by atoms with Crippen molar-refractivity contribution in [2.75, 3.05) is 14.2 Å². The first-order valence-electron chi connectivity index (χ1n) is 8.97. The first-order valence-corrected chi connectivity index (χ1v) is 13.0. The number of benzene rings is 2. The van der Waals surface area contributed by atoms with Crippen LogP contribution in [0.1, 0.15) is 30.7 Å². The average molecular weight is 366 g/mol. The number of rotatable bonds is 4. The second-order valence-electron chi connectivity index (χ2n) is 7.40. The van der Waals surface area contributed by atoms with E-state index in [4.69, 9.17) is 9.47 Å². The molecule has 1 fully saturated rings. The predicted molar refractivity (Wildman–Crippen MR) is 99.2 cm³/mol. The Labute approximate surface area is 152 Å². The van der Waals surface area contributed by atoms with Gasteiger partial charge < -0.3 is 0 Å². The maximum atomic E-state index is 5.40. The third-order valence-corrected chi connectivity index (χ3v) is 14.3. The normalized spacial score (nSPS) is 24.1. The van der Waals surface area contributed by atoms with Gasteiger partial charge in [-0.2, -0.15) is 0 Å². The minimum absolute atomic E-state index is 0.684. The summed E-state index contributed by atoms with van der Waals surface area (Å²) < 4.78 is 15.1. The van der Waals surface area contributed by atoms with Crippen molar-refractivity contribution >= 4 is 12.2 Å². The third kappa shape index (κ3) is 2.28. The second-order valence-corrected chi connectivity index (χ2v) is 14.8. The van der Waals surface area contributed by atoms with Gasteiger partial charge in [-0.3, -0.25) is 0 Å². The number of hydrogen-bond acceptors (Lipinski definition) is 2. The molecule has 3 aliphatic rings. The summed E-state index contributed by atoms with van der Waals surface area (Å²) in [7, 11) is 3.49. The van der Waals surface area contributed by atoms with Crippen LogP contribution in [0.5, 0.6) is 11.5 Å². The van der Waals surface area contributed by atoms with Crippen LogP contribution in [0.2, 0.25) is 9.45 Å². The molecule has 2 aromatic carbocycles. The topological polar surface area (TPSA) is 18.5 Å². The van der Waals surface area contributed by atoms with Gasteiger partial charge in [0, 0.05) is 0 Å². The van der Waals surface area contributed by atoms with Crippen LogP contribution < -0.4 is 9.47 Å². The fourth-order valence-electron chi connectivity index (χ4n) is 4.78. The van der Waals surface area contributed by atoms with Gasteiger partial charge in [-0.1, -0.05) is 0 Å². The summed E-state index contributed by atoms with van der Waals surface area (Å²) in [6.45, 7) is 0. The molecule has 0 bridgehead atoms. The Morgan fingerprint density at radius 1 is 0.760 bits per heavy atom. The van der Waals surface area contributed by atoms with Crippen LogP contribution >= 0.6 is 0 Å². The molecule has 1 aliphatic heterocycles. The summed E-state index contributed by atoms with van der Waals surface area (Å²) >= 11 is -2.00. The van der Waals surface area contributed by atoms with Crippen molar-refractivity contribution in [2.24, 2.45) is 0 Å². The van der Waals surface area contributed by atoms with E-state index in [1.54, 1.807) is 14.2 Å². The van der Waals surface area contributed by atoms with E-state index in [2.05, 4.69) is 60.7 Å². The molecule has 1 heterocycles. The molecule has 0 aromatic heterocycles. The first kappa shape index (κ1) is 15.5. The molecule has 2 aliphatic carbocycles. The molecular weight excluding hydrogens is 344 g/mol. The van der Waals surface area contributed by atoms with Gasteiger partial charge >= 0.3 is 153 Å². The van der Waals surface area contributed by atoms with E-state index >= 15 is 0 Å². The molecule has 0 radical (unpaired) electrons. The third-order valence-electron chi connectivity index (χ3n) is 6.26. The van der Waals surface area contributed by atoms with E-state index in [0.29, 0.717) is 8.45 Å². The van der Waals surface area contributed by atoms with Gasteiger partial charge in [-0.25, -0.2) is 0 Å². The van der Waals surface area contributed by atoms with E-state index < -0.39 is 16.6 Å². The Morgan fingerprint density at radius 2 is 1.24 bits per heavy atom. The average Bonchev–Trinajstić information content (AvgIpc) is 3.16. The van der Waals surface area contributed by atoms with E-state index in [0.717, 1.165) is 11.5 Å². The molecular formula is C22H22O2Ti. The number of allylic oxidation sites excluding steroid dienone is 2. The summed E-state index contributed by atoms with van der Waals surface area (Å²) in [5.41, 5.74) is 5.79. The van der Waals surface area contributed by atoms with Gasteiger partial charge in [0.25, 0.3) is 0 Å². The van der Waals surface area contributed by atoms with E-state index in [1.807, 2.05) is 0 Å². The zero-order valence-corrected chi connectivity index (χ0v) is 16.2. The molecule has 0 amide bonds. The van der Waals surface area contributed by atoms with Gasteiger partial charge in [-0.15, -0.1) is 0 Å². The van der Waals surface area contributed by atoms with Crippen molar-refractivity contribution in [3.63, 3.8) is 0 Å². The van der Waals surface area contributed by atoms with Crippen molar-refractivity contribution in [3.8, 4) is 11.5 Å². The number of hydrogen-bond donors (Lipinski definition) is 0. The number of ether oxygens (including phenoxy) is 2. The van der Waals surface area contributed by atoms with Crippen molar-refractivity contribution in [1.29, 1.82) is 0 Å². The summed E-state index contributed by atoms with van der Waals surface area (Å²) in [5, 5.41) is 0. The molecule has 2 aromatic rings. The van der Waals surface area contributed by atoms with Gasteiger partial charge in [0.1, 0.15) is 0 Å². The van der Waals surface area contributed by atoms with Crippen molar-refractivity contribution < 1.29 is 26.1 Å². The maximum absolute atomic E-state index is 5.40. The Kier molecular flexibility index (Phi) is 3.48. The van der Waals surface area contributed by atoms with Gasteiger partial charge in [0.2, 0.25) is 0 Å². The van der Waals surface area contributed by atoms with Crippen LogP contribution in [0.15, 0.2) is 48.6 Å². The Balaban J connectivity index is 1.52. The molecule has 1 saturated heterocycles. The molecule has 3 heteroatoms. The van der Waals surface area contributed by atoms with Gasteiger partial charge in [-0.05, 0) is 0 Å². The Morgan fingerprint density at radius 3 is 1.64 bits per heavy atom. The SMILES string of the molecule is COc1ccc2c(c1)C=C[CH]2[Ti]1([CH]2C=Cc3cc(OC)ccc32)[CH2][CH2]1. The Bertz CT molecular complexity index is 837. The van der Waals surface area contributed by atoms with Crippen LogP contribution in [0.25, 0.3) is 12.2 Å². The zero-order valence-electron chi connectivity index (χ0n) is 14.7. The zero-order chi connectivity index (χ0) is 17.0. The number of fused-ring (bicyclic) bond motifs is 2. The van der Waals surface area contributed by atoms with Gasteiger partial charge in [0.05, 0.1) is 0 Å². The molecule has 0 saturated carbocycles. The molecule has 2 atom stereocenters. The summed E-state index contributed by atoms with van der Waals surface area (Å²) in [6.07, 6.45) is 9.63. The van der Waals surface area contributed by atoms with Crippen LogP contribution in [0, 0.1) is 0 Å². The predicted octanol–water partition coefficient (Wildman–Crippen LogP) is 5.54. The fraction of sp³-hybridized carbons (Fsp3) is 0.273. The van der Waals surface area contributed by atoms with Crippen molar-refractivity contribution in [1.82, 2.24) is 0 Å². The molecule has 0 N–H and O–H groups in total. The minimum atomic E-state index is -2.00.